The Labute approximate surface area is 65.7 Å². The van der Waals surface area contributed by atoms with Gasteiger partial charge in [0.2, 0.25) is 0 Å². The third-order valence-corrected chi connectivity index (χ3v) is 2.91. The lowest BCUT2D eigenvalue weighted by molar-refractivity contribution is -0.137. The molecule has 4 heteroatoms. The molecule has 0 amide bonds. The van der Waals surface area contributed by atoms with Crippen LogP contribution in [-0.4, -0.2) is 21.9 Å². The van der Waals surface area contributed by atoms with Crippen molar-refractivity contribution in [2.45, 2.75) is 9.30 Å². The van der Waals surface area contributed by atoms with Crippen LogP contribution in [0, 0.1) is 0 Å². The maximum atomic E-state index is 10.4. The standard InChI is InChI=1S/C4H4ClIO2/c5-3-2(6)1-8-4(3)7/h2-3H,1H2. The molecule has 1 aliphatic heterocycles. The van der Waals surface area contributed by atoms with Crippen LogP contribution in [0.15, 0.2) is 0 Å². The van der Waals surface area contributed by atoms with Gasteiger partial charge < -0.3 is 4.74 Å². The van der Waals surface area contributed by atoms with E-state index in [-0.39, 0.29) is 9.89 Å². The van der Waals surface area contributed by atoms with E-state index in [9.17, 15) is 4.79 Å². The molecule has 2 atom stereocenters. The number of hydrogen-bond donors (Lipinski definition) is 0. The number of halogens is 2. The molecule has 1 aliphatic rings. The number of cyclic esters (lactones) is 1. The lowest BCUT2D eigenvalue weighted by atomic mass is 10.4. The zero-order valence-electron chi connectivity index (χ0n) is 3.93. The van der Waals surface area contributed by atoms with E-state index in [0.717, 1.165) is 0 Å². The van der Waals surface area contributed by atoms with Crippen molar-refractivity contribution >= 4 is 40.2 Å². The molecule has 0 N–H and O–H groups in total. The minimum atomic E-state index is -0.421. The fraction of sp³-hybridized carbons (Fsp3) is 0.750. The average molecular weight is 246 g/mol. The summed E-state index contributed by atoms with van der Waals surface area (Å²) in [5, 5.41) is -0.421. The molecule has 8 heavy (non-hydrogen) atoms. The molecule has 0 aromatic heterocycles. The first-order valence-electron chi connectivity index (χ1n) is 2.16. The smallest absolute Gasteiger partial charge is 0.325 e. The summed E-state index contributed by atoms with van der Waals surface area (Å²) in [5.41, 5.74) is 0. The van der Waals surface area contributed by atoms with Crippen molar-refractivity contribution in [3.63, 3.8) is 0 Å². The molecule has 0 radical (unpaired) electrons. The molecular formula is C4H4ClIO2. The van der Waals surface area contributed by atoms with Gasteiger partial charge in [-0.2, -0.15) is 0 Å². The fourth-order valence-corrected chi connectivity index (χ4v) is 1.08. The predicted octanol–water partition coefficient (Wildman–Crippen LogP) is 0.954. The van der Waals surface area contributed by atoms with Crippen molar-refractivity contribution in [1.29, 1.82) is 0 Å². The highest BCUT2D eigenvalue weighted by molar-refractivity contribution is 14.1. The summed E-state index contributed by atoms with van der Waals surface area (Å²) < 4.78 is 4.75. The van der Waals surface area contributed by atoms with Gasteiger partial charge in [0.1, 0.15) is 12.0 Å². The lowest BCUT2D eigenvalue weighted by Crippen LogP contribution is -2.14. The highest BCUT2D eigenvalue weighted by Gasteiger charge is 2.32. The van der Waals surface area contributed by atoms with Crippen LogP contribution < -0.4 is 0 Å². The first-order valence-corrected chi connectivity index (χ1v) is 3.85. The van der Waals surface area contributed by atoms with Crippen molar-refractivity contribution < 1.29 is 9.53 Å². The summed E-state index contributed by atoms with van der Waals surface area (Å²) in [6.07, 6.45) is 0. The van der Waals surface area contributed by atoms with Crippen LogP contribution in [0.1, 0.15) is 0 Å². The normalized spacial score (nSPS) is 37.5. The zero-order valence-corrected chi connectivity index (χ0v) is 6.85. The van der Waals surface area contributed by atoms with Gasteiger partial charge in [0.15, 0.2) is 0 Å². The molecule has 0 aromatic carbocycles. The second-order valence-electron chi connectivity index (χ2n) is 1.55. The van der Waals surface area contributed by atoms with Crippen LogP contribution in [0.2, 0.25) is 0 Å². The van der Waals surface area contributed by atoms with Crippen molar-refractivity contribution in [3.05, 3.63) is 0 Å². The Bertz CT molecular complexity index is 117. The summed E-state index contributed by atoms with van der Waals surface area (Å²) >= 11 is 7.63. The largest absolute Gasteiger partial charge is 0.463 e. The number of ether oxygens (including phenoxy) is 1. The number of carbonyl (C=O) groups is 1. The van der Waals surface area contributed by atoms with Crippen LogP contribution in [0.5, 0.6) is 0 Å². The Kier molecular flexibility index (Phi) is 1.97. The molecule has 1 rings (SSSR count). The number of alkyl halides is 2. The second-order valence-corrected chi connectivity index (χ2v) is 3.62. The van der Waals surface area contributed by atoms with E-state index in [0.29, 0.717) is 6.61 Å². The highest BCUT2D eigenvalue weighted by Crippen LogP contribution is 2.20. The van der Waals surface area contributed by atoms with Gasteiger partial charge >= 0.3 is 5.97 Å². The second kappa shape index (κ2) is 2.39. The van der Waals surface area contributed by atoms with Crippen LogP contribution in [-0.2, 0) is 9.53 Å². The topological polar surface area (TPSA) is 26.3 Å². The van der Waals surface area contributed by atoms with E-state index in [2.05, 4.69) is 27.3 Å². The van der Waals surface area contributed by atoms with Crippen molar-refractivity contribution in [2.24, 2.45) is 0 Å². The monoisotopic (exact) mass is 246 g/mol. The van der Waals surface area contributed by atoms with E-state index in [1.165, 1.54) is 0 Å². The van der Waals surface area contributed by atoms with E-state index < -0.39 is 5.38 Å². The van der Waals surface area contributed by atoms with Crippen molar-refractivity contribution in [1.82, 2.24) is 0 Å². The molecule has 0 aromatic rings. The Morgan fingerprint density at radius 2 is 2.50 bits per heavy atom. The number of carbonyl (C=O) groups excluding carboxylic acids is 1. The van der Waals surface area contributed by atoms with Gasteiger partial charge in [0, 0.05) is 0 Å². The minimum Gasteiger partial charge on any atom is -0.463 e. The van der Waals surface area contributed by atoms with Crippen LogP contribution in [0.4, 0.5) is 0 Å². The van der Waals surface area contributed by atoms with Gasteiger partial charge in [-0.1, -0.05) is 22.6 Å². The van der Waals surface area contributed by atoms with Crippen LogP contribution in [0.25, 0.3) is 0 Å². The fourth-order valence-electron chi connectivity index (χ4n) is 0.473. The summed E-state index contributed by atoms with van der Waals surface area (Å²) in [6.45, 7) is 0.466. The van der Waals surface area contributed by atoms with Gasteiger partial charge in [-0.15, -0.1) is 11.6 Å². The third-order valence-electron chi connectivity index (χ3n) is 0.928. The molecule has 1 heterocycles. The van der Waals surface area contributed by atoms with Gasteiger partial charge in [-0.25, -0.2) is 0 Å². The molecule has 0 aliphatic carbocycles. The molecule has 0 spiro atoms. The Balaban J connectivity index is 2.56. The van der Waals surface area contributed by atoms with Gasteiger partial charge in [0.05, 0.1) is 3.92 Å². The Morgan fingerprint density at radius 1 is 1.88 bits per heavy atom. The molecule has 1 saturated heterocycles. The van der Waals surface area contributed by atoms with Crippen LogP contribution in [0.3, 0.4) is 0 Å². The van der Waals surface area contributed by atoms with Gasteiger partial charge in [-0.05, 0) is 0 Å². The molecule has 1 fully saturated rings. The quantitative estimate of drug-likeness (QED) is 0.361. The number of hydrogen-bond acceptors (Lipinski definition) is 2. The molecule has 0 saturated carbocycles. The summed E-state index contributed by atoms with van der Waals surface area (Å²) in [5.74, 6) is -0.286. The maximum Gasteiger partial charge on any atom is 0.325 e. The highest BCUT2D eigenvalue weighted by atomic mass is 127. The lowest BCUT2D eigenvalue weighted by Gasteiger charge is -1.93. The summed E-state index contributed by atoms with van der Waals surface area (Å²) in [6, 6.07) is 0. The third kappa shape index (κ3) is 1.07. The van der Waals surface area contributed by atoms with E-state index >= 15 is 0 Å². The SMILES string of the molecule is O=C1OCC(I)C1Cl. The predicted molar refractivity (Wildman–Crippen MR) is 38.4 cm³/mol. The molecule has 46 valence electrons. The van der Waals surface area contributed by atoms with E-state index in [1.807, 2.05) is 0 Å². The molecule has 2 nitrogen and oxygen atoms in total. The Hall–Kier alpha value is 0.490. The van der Waals surface area contributed by atoms with Gasteiger partial charge in [-0.3, -0.25) is 4.79 Å². The maximum absolute atomic E-state index is 10.4. The average Bonchev–Trinajstić information content (AvgIpc) is 1.98. The Morgan fingerprint density at radius 3 is 2.62 bits per heavy atom. The van der Waals surface area contributed by atoms with Crippen molar-refractivity contribution in [2.75, 3.05) is 6.61 Å². The number of rotatable bonds is 0. The van der Waals surface area contributed by atoms with E-state index in [4.69, 9.17) is 11.6 Å². The van der Waals surface area contributed by atoms with Crippen LogP contribution >= 0.6 is 34.2 Å². The first kappa shape index (κ1) is 6.61. The summed E-state index contributed by atoms with van der Waals surface area (Å²) in [4.78, 5) is 10.4. The number of esters is 1. The molecular weight excluding hydrogens is 242 g/mol. The zero-order chi connectivity index (χ0) is 6.15. The molecule has 0 bridgehead atoms. The molecule has 2 unspecified atom stereocenters. The van der Waals surface area contributed by atoms with Gasteiger partial charge in [0.25, 0.3) is 0 Å². The van der Waals surface area contributed by atoms with Crippen molar-refractivity contribution in [3.8, 4) is 0 Å². The minimum absolute atomic E-state index is 0.154. The van der Waals surface area contributed by atoms with E-state index in [1.54, 1.807) is 0 Å². The summed E-state index contributed by atoms with van der Waals surface area (Å²) in [7, 11) is 0. The first-order chi connectivity index (χ1) is 3.72.